The summed E-state index contributed by atoms with van der Waals surface area (Å²) in [6, 6.07) is 8.93. The highest BCUT2D eigenvalue weighted by Gasteiger charge is 2.30. The van der Waals surface area contributed by atoms with E-state index in [2.05, 4.69) is 4.98 Å². The van der Waals surface area contributed by atoms with E-state index in [1.165, 1.54) is 6.07 Å². The second kappa shape index (κ2) is 3.41. The van der Waals surface area contributed by atoms with E-state index >= 15 is 0 Å². The lowest BCUT2D eigenvalue weighted by molar-refractivity contribution is -0.137. The minimum atomic E-state index is -4.33. The Labute approximate surface area is 100 Å². The standard InChI is InChI=1S/C13H9F3N2/c14-13(15,16)7-1-3-9-10-4-2-8(17)6-12(10)18-11(9)5-7/h1-6,18H,17H2. The van der Waals surface area contributed by atoms with Gasteiger partial charge in [-0.15, -0.1) is 0 Å². The lowest BCUT2D eigenvalue weighted by Crippen LogP contribution is -2.03. The molecule has 0 aliphatic rings. The molecule has 0 aliphatic carbocycles. The third-order valence-corrected chi connectivity index (χ3v) is 2.95. The fourth-order valence-corrected chi connectivity index (χ4v) is 2.10. The van der Waals surface area contributed by atoms with Crippen LogP contribution in [0, 0.1) is 0 Å². The molecule has 0 saturated heterocycles. The molecule has 0 spiro atoms. The lowest BCUT2D eigenvalue weighted by atomic mass is 10.1. The Morgan fingerprint density at radius 2 is 1.50 bits per heavy atom. The molecule has 0 atom stereocenters. The highest BCUT2D eigenvalue weighted by atomic mass is 19.4. The van der Waals surface area contributed by atoms with Crippen molar-refractivity contribution in [2.75, 3.05) is 5.73 Å². The number of aromatic nitrogens is 1. The van der Waals surface area contributed by atoms with Crippen molar-refractivity contribution in [1.29, 1.82) is 0 Å². The van der Waals surface area contributed by atoms with E-state index in [-0.39, 0.29) is 0 Å². The molecule has 0 unspecified atom stereocenters. The van der Waals surface area contributed by atoms with E-state index in [1.54, 1.807) is 18.2 Å². The number of halogens is 3. The SMILES string of the molecule is Nc1ccc2c(c1)[nH]c1cc(C(F)(F)F)ccc12. The highest BCUT2D eigenvalue weighted by Crippen LogP contribution is 2.33. The fraction of sp³-hybridized carbons (Fsp3) is 0.0769. The number of nitrogens with one attached hydrogen (secondary N) is 1. The van der Waals surface area contributed by atoms with Crippen LogP contribution in [0.4, 0.5) is 18.9 Å². The van der Waals surface area contributed by atoms with Crippen molar-refractivity contribution in [3.8, 4) is 0 Å². The van der Waals surface area contributed by atoms with Gasteiger partial charge in [-0.05, 0) is 24.3 Å². The Hall–Kier alpha value is -2.17. The van der Waals surface area contributed by atoms with Crippen molar-refractivity contribution < 1.29 is 13.2 Å². The molecule has 92 valence electrons. The van der Waals surface area contributed by atoms with Crippen LogP contribution in [0.15, 0.2) is 36.4 Å². The molecule has 0 saturated carbocycles. The Morgan fingerprint density at radius 3 is 2.17 bits per heavy atom. The van der Waals surface area contributed by atoms with Gasteiger partial charge >= 0.3 is 6.18 Å². The van der Waals surface area contributed by atoms with Crippen LogP contribution in [0.25, 0.3) is 21.8 Å². The minimum absolute atomic E-state index is 0.463. The molecule has 2 aromatic carbocycles. The van der Waals surface area contributed by atoms with Crippen molar-refractivity contribution in [3.63, 3.8) is 0 Å². The molecular formula is C13H9F3N2. The molecule has 1 aromatic heterocycles. The number of H-pyrrole nitrogens is 1. The molecular weight excluding hydrogens is 241 g/mol. The monoisotopic (exact) mass is 250 g/mol. The first kappa shape index (κ1) is 11.0. The Bertz CT molecular complexity index is 741. The molecule has 2 nitrogen and oxygen atoms in total. The van der Waals surface area contributed by atoms with Crippen molar-refractivity contribution in [2.24, 2.45) is 0 Å². The molecule has 0 aliphatic heterocycles. The van der Waals surface area contributed by atoms with Gasteiger partial charge in [-0.3, -0.25) is 0 Å². The average Bonchev–Trinajstić information content (AvgIpc) is 2.63. The second-order valence-corrected chi connectivity index (χ2v) is 4.19. The first-order valence-corrected chi connectivity index (χ1v) is 5.33. The summed E-state index contributed by atoms with van der Waals surface area (Å²) >= 11 is 0. The topological polar surface area (TPSA) is 41.8 Å². The van der Waals surface area contributed by atoms with Crippen molar-refractivity contribution in [2.45, 2.75) is 6.18 Å². The second-order valence-electron chi connectivity index (χ2n) is 4.19. The van der Waals surface area contributed by atoms with Crippen LogP contribution in [0.2, 0.25) is 0 Å². The van der Waals surface area contributed by atoms with Crippen LogP contribution >= 0.6 is 0 Å². The van der Waals surface area contributed by atoms with Gasteiger partial charge < -0.3 is 10.7 Å². The van der Waals surface area contributed by atoms with Crippen LogP contribution in [0.3, 0.4) is 0 Å². The fourth-order valence-electron chi connectivity index (χ4n) is 2.10. The predicted octanol–water partition coefficient (Wildman–Crippen LogP) is 3.92. The first-order chi connectivity index (χ1) is 8.45. The quantitative estimate of drug-likeness (QED) is 0.583. The van der Waals surface area contributed by atoms with E-state index in [0.717, 1.165) is 28.4 Å². The van der Waals surface area contributed by atoms with E-state index < -0.39 is 11.7 Å². The first-order valence-electron chi connectivity index (χ1n) is 5.33. The van der Waals surface area contributed by atoms with E-state index in [4.69, 9.17) is 5.73 Å². The number of benzene rings is 2. The molecule has 3 N–H and O–H groups in total. The number of rotatable bonds is 0. The summed E-state index contributed by atoms with van der Waals surface area (Å²) in [6.07, 6.45) is -4.33. The maximum absolute atomic E-state index is 12.6. The number of anilines is 1. The zero-order chi connectivity index (χ0) is 12.9. The van der Waals surface area contributed by atoms with Crippen molar-refractivity contribution in [3.05, 3.63) is 42.0 Å². The van der Waals surface area contributed by atoms with Crippen LogP contribution in [0.1, 0.15) is 5.56 Å². The molecule has 0 fully saturated rings. The van der Waals surface area contributed by atoms with E-state index in [0.29, 0.717) is 11.2 Å². The smallest absolute Gasteiger partial charge is 0.399 e. The van der Waals surface area contributed by atoms with Gasteiger partial charge in [0, 0.05) is 27.5 Å². The molecule has 18 heavy (non-hydrogen) atoms. The molecule has 0 bridgehead atoms. The summed E-state index contributed by atoms with van der Waals surface area (Å²) in [5.74, 6) is 0. The van der Waals surface area contributed by atoms with E-state index in [1.807, 2.05) is 0 Å². The summed E-state index contributed by atoms with van der Waals surface area (Å²) in [4.78, 5) is 2.95. The largest absolute Gasteiger partial charge is 0.416 e. The number of aromatic amines is 1. The number of alkyl halides is 3. The van der Waals surface area contributed by atoms with Gasteiger partial charge in [-0.25, -0.2) is 0 Å². The molecule has 3 aromatic rings. The molecule has 1 heterocycles. The predicted molar refractivity (Wildman–Crippen MR) is 65.2 cm³/mol. The minimum Gasteiger partial charge on any atom is -0.399 e. The summed E-state index contributed by atoms with van der Waals surface area (Å²) in [5.41, 5.74) is 6.76. The van der Waals surface area contributed by atoms with Crippen LogP contribution in [0.5, 0.6) is 0 Å². The number of fused-ring (bicyclic) bond motifs is 3. The third-order valence-electron chi connectivity index (χ3n) is 2.95. The number of nitrogens with two attached hydrogens (primary N) is 1. The zero-order valence-electron chi connectivity index (χ0n) is 9.18. The normalized spacial score (nSPS) is 12.4. The highest BCUT2D eigenvalue weighted by molar-refractivity contribution is 6.08. The summed E-state index contributed by atoms with van der Waals surface area (Å²) in [5, 5.41) is 1.63. The Balaban J connectivity index is 2.33. The van der Waals surface area contributed by atoms with Gasteiger partial charge in [-0.2, -0.15) is 13.2 Å². The van der Waals surface area contributed by atoms with Crippen molar-refractivity contribution >= 4 is 27.5 Å². The van der Waals surface area contributed by atoms with Gasteiger partial charge in [0.2, 0.25) is 0 Å². The Kier molecular flexibility index (Phi) is 2.08. The van der Waals surface area contributed by atoms with Crippen LogP contribution in [-0.4, -0.2) is 4.98 Å². The summed E-state index contributed by atoms with van der Waals surface area (Å²) in [7, 11) is 0. The Morgan fingerprint density at radius 1 is 0.889 bits per heavy atom. The molecule has 3 rings (SSSR count). The maximum atomic E-state index is 12.6. The lowest BCUT2D eigenvalue weighted by Gasteiger charge is -2.05. The average molecular weight is 250 g/mol. The van der Waals surface area contributed by atoms with Gasteiger partial charge in [0.25, 0.3) is 0 Å². The van der Waals surface area contributed by atoms with Gasteiger partial charge in [-0.1, -0.05) is 12.1 Å². The molecule has 5 heteroatoms. The van der Waals surface area contributed by atoms with Crippen LogP contribution in [-0.2, 0) is 6.18 Å². The van der Waals surface area contributed by atoms with Crippen LogP contribution < -0.4 is 5.73 Å². The zero-order valence-corrected chi connectivity index (χ0v) is 9.18. The molecule has 0 radical (unpaired) electrons. The molecule has 0 amide bonds. The number of hydrogen-bond donors (Lipinski definition) is 2. The van der Waals surface area contributed by atoms with Crippen molar-refractivity contribution in [1.82, 2.24) is 4.98 Å². The van der Waals surface area contributed by atoms with Gasteiger partial charge in [0.05, 0.1) is 5.56 Å². The maximum Gasteiger partial charge on any atom is 0.416 e. The third kappa shape index (κ3) is 1.59. The summed E-state index contributed by atoms with van der Waals surface area (Å²) in [6.45, 7) is 0. The van der Waals surface area contributed by atoms with Gasteiger partial charge in [0.1, 0.15) is 0 Å². The summed E-state index contributed by atoms with van der Waals surface area (Å²) < 4.78 is 37.8. The van der Waals surface area contributed by atoms with Gasteiger partial charge in [0.15, 0.2) is 0 Å². The number of nitrogen functional groups attached to an aromatic ring is 1. The van der Waals surface area contributed by atoms with E-state index in [9.17, 15) is 13.2 Å². The number of hydrogen-bond acceptors (Lipinski definition) is 1.